The van der Waals surface area contributed by atoms with E-state index in [1.807, 2.05) is 75.6 Å². The zero-order valence-corrected chi connectivity index (χ0v) is 18.5. The molecule has 0 aliphatic rings. The van der Waals surface area contributed by atoms with Crippen LogP contribution in [0.15, 0.2) is 53.4 Å². The molecule has 0 atom stereocenters. The zero-order valence-electron chi connectivity index (χ0n) is 17.7. The first-order chi connectivity index (χ1) is 13.9. The Morgan fingerprint density at radius 3 is 2.31 bits per heavy atom. The van der Waals surface area contributed by atoms with Gasteiger partial charge >= 0.3 is 6.09 Å². The molecule has 0 radical (unpaired) electrons. The largest absolute Gasteiger partial charge is 0.492 e. The van der Waals surface area contributed by atoms with Gasteiger partial charge in [-0.1, -0.05) is 36.4 Å². The van der Waals surface area contributed by atoms with E-state index in [1.54, 1.807) is 11.8 Å². The second kappa shape index (κ2) is 11.6. The van der Waals surface area contributed by atoms with Crippen molar-refractivity contribution < 1.29 is 19.0 Å². The number of rotatable bonds is 10. The van der Waals surface area contributed by atoms with Gasteiger partial charge in [0.05, 0.1) is 11.5 Å². The first kappa shape index (κ1) is 22.9. The maximum atomic E-state index is 11.6. The van der Waals surface area contributed by atoms with E-state index in [2.05, 4.69) is 5.32 Å². The van der Waals surface area contributed by atoms with E-state index in [1.165, 1.54) is 0 Å². The van der Waals surface area contributed by atoms with Gasteiger partial charge in [-0.3, -0.25) is 0 Å². The van der Waals surface area contributed by atoms with Gasteiger partial charge in [0, 0.05) is 6.54 Å². The van der Waals surface area contributed by atoms with E-state index >= 15 is 0 Å². The molecular formula is C23H31NO4S. The number of carbonyl (C=O) groups is 1. The maximum absolute atomic E-state index is 11.6. The lowest BCUT2D eigenvalue weighted by Crippen LogP contribution is -2.33. The molecule has 0 saturated heterocycles. The van der Waals surface area contributed by atoms with E-state index in [4.69, 9.17) is 14.2 Å². The van der Waals surface area contributed by atoms with Crippen LogP contribution in [0, 0.1) is 0 Å². The summed E-state index contributed by atoms with van der Waals surface area (Å²) in [6.45, 7) is 7.21. The Hall–Kier alpha value is -2.34. The third kappa shape index (κ3) is 8.69. The summed E-state index contributed by atoms with van der Waals surface area (Å²) < 4.78 is 17.2. The van der Waals surface area contributed by atoms with Crippen LogP contribution >= 0.6 is 11.8 Å². The van der Waals surface area contributed by atoms with Gasteiger partial charge in [0.1, 0.15) is 23.7 Å². The second-order valence-electron chi connectivity index (χ2n) is 7.55. The molecule has 0 aliphatic carbocycles. The standard InChI is InChI=1S/C23H31NO4S/c1-23(2,3)28-22(25)24-15-8-9-16-26-19-13-10-14-20(21(19)29-4)27-17-18-11-6-5-7-12-18/h5-7,10-14H,8-9,15-17H2,1-4H3,(H,24,25). The lowest BCUT2D eigenvalue weighted by atomic mass is 10.2. The molecule has 1 N–H and O–H groups in total. The van der Waals surface area contributed by atoms with Crippen molar-refractivity contribution in [2.45, 2.75) is 50.7 Å². The van der Waals surface area contributed by atoms with Crippen LogP contribution in [0.5, 0.6) is 11.5 Å². The van der Waals surface area contributed by atoms with Gasteiger partial charge in [-0.25, -0.2) is 4.79 Å². The van der Waals surface area contributed by atoms with Crippen LogP contribution in [0.4, 0.5) is 4.79 Å². The molecule has 0 fully saturated rings. The van der Waals surface area contributed by atoms with Gasteiger partial charge in [-0.15, -0.1) is 11.8 Å². The number of thioether (sulfide) groups is 1. The highest BCUT2D eigenvalue weighted by Crippen LogP contribution is 2.37. The monoisotopic (exact) mass is 417 g/mol. The first-order valence-corrected chi connectivity index (χ1v) is 11.0. The second-order valence-corrected chi connectivity index (χ2v) is 8.36. The normalized spacial score (nSPS) is 11.0. The predicted octanol–water partition coefficient (Wildman–Crippen LogP) is 5.67. The Bertz CT molecular complexity index is 759. The molecule has 1 amide bonds. The average Bonchev–Trinajstić information content (AvgIpc) is 2.68. The summed E-state index contributed by atoms with van der Waals surface area (Å²) in [7, 11) is 0. The SMILES string of the molecule is CSc1c(OCCCCNC(=O)OC(C)(C)C)cccc1OCc1ccccc1. The molecule has 0 aromatic heterocycles. The molecule has 6 heteroatoms. The smallest absolute Gasteiger partial charge is 0.407 e. The molecule has 0 saturated carbocycles. The Morgan fingerprint density at radius 1 is 0.966 bits per heavy atom. The number of hydrogen-bond acceptors (Lipinski definition) is 5. The summed E-state index contributed by atoms with van der Waals surface area (Å²) in [4.78, 5) is 12.6. The number of ether oxygens (including phenoxy) is 3. The summed E-state index contributed by atoms with van der Waals surface area (Å²) in [5, 5.41) is 2.76. The minimum atomic E-state index is -0.477. The van der Waals surface area contributed by atoms with Crippen LogP contribution in [0.1, 0.15) is 39.2 Å². The van der Waals surface area contributed by atoms with Crippen LogP contribution in [0.3, 0.4) is 0 Å². The molecule has 0 bridgehead atoms. The summed E-state index contributed by atoms with van der Waals surface area (Å²) in [6.07, 6.45) is 3.28. The molecule has 0 aliphatic heterocycles. The zero-order chi connectivity index (χ0) is 21.1. The van der Waals surface area contributed by atoms with Gasteiger partial charge in [-0.05, 0) is 57.6 Å². The van der Waals surface area contributed by atoms with Crippen molar-refractivity contribution >= 4 is 17.9 Å². The topological polar surface area (TPSA) is 56.8 Å². The highest BCUT2D eigenvalue weighted by molar-refractivity contribution is 7.98. The van der Waals surface area contributed by atoms with Gasteiger partial charge in [-0.2, -0.15) is 0 Å². The molecular weight excluding hydrogens is 386 g/mol. The highest BCUT2D eigenvalue weighted by atomic mass is 32.2. The van der Waals surface area contributed by atoms with E-state index in [-0.39, 0.29) is 6.09 Å². The van der Waals surface area contributed by atoms with Gasteiger partial charge in [0.25, 0.3) is 0 Å². The Balaban J connectivity index is 1.76. The van der Waals surface area contributed by atoms with Gasteiger partial charge in [0.15, 0.2) is 0 Å². The minimum absolute atomic E-state index is 0.383. The van der Waals surface area contributed by atoms with Gasteiger partial charge in [0.2, 0.25) is 0 Å². The third-order valence-corrected chi connectivity index (χ3v) is 4.69. The van der Waals surface area contributed by atoms with Crippen LogP contribution in [-0.4, -0.2) is 31.1 Å². The molecule has 0 heterocycles. The van der Waals surface area contributed by atoms with Crippen molar-refractivity contribution in [2.75, 3.05) is 19.4 Å². The third-order valence-electron chi connectivity index (χ3n) is 3.88. The van der Waals surface area contributed by atoms with Crippen molar-refractivity contribution in [3.63, 3.8) is 0 Å². The summed E-state index contributed by atoms with van der Waals surface area (Å²) in [5.74, 6) is 1.65. The number of hydrogen-bond donors (Lipinski definition) is 1. The van der Waals surface area contributed by atoms with Crippen molar-refractivity contribution in [1.82, 2.24) is 5.32 Å². The summed E-state index contributed by atoms with van der Waals surface area (Å²) >= 11 is 1.61. The Morgan fingerprint density at radius 2 is 1.66 bits per heavy atom. The van der Waals surface area contributed by atoms with Crippen molar-refractivity contribution in [1.29, 1.82) is 0 Å². The predicted molar refractivity (Wildman–Crippen MR) is 118 cm³/mol. The van der Waals surface area contributed by atoms with Gasteiger partial charge < -0.3 is 19.5 Å². The first-order valence-electron chi connectivity index (χ1n) is 9.82. The number of amides is 1. The molecule has 29 heavy (non-hydrogen) atoms. The molecule has 2 aromatic carbocycles. The lowest BCUT2D eigenvalue weighted by molar-refractivity contribution is 0.0526. The Labute approximate surface area is 178 Å². The number of carbonyl (C=O) groups excluding carboxylic acids is 1. The van der Waals surface area contributed by atoms with E-state index < -0.39 is 5.60 Å². The van der Waals surface area contributed by atoms with Crippen molar-refractivity contribution in [3.8, 4) is 11.5 Å². The van der Waals surface area contributed by atoms with Crippen LogP contribution in [0.25, 0.3) is 0 Å². The van der Waals surface area contributed by atoms with Crippen LogP contribution < -0.4 is 14.8 Å². The fraction of sp³-hybridized carbons (Fsp3) is 0.435. The van der Waals surface area contributed by atoms with Crippen LogP contribution in [-0.2, 0) is 11.3 Å². The molecule has 2 aromatic rings. The Kier molecular flexibility index (Phi) is 9.19. The maximum Gasteiger partial charge on any atom is 0.407 e. The highest BCUT2D eigenvalue weighted by Gasteiger charge is 2.15. The minimum Gasteiger partial charge on any atom is -0.492 e. The number of benzene rings is 2. The summed E-state index contributed by atoms with van der Waals surface area (Å²) in [5.41, 5.74) is 0.651. The number of unbranched alkanes of at least 4 members (excludes halogenated alkanes) is 1. The van der Waals surface area contributed by atoms with Crippen LogP contribution in [0.2, 0.25) is 0 Å². The fourth-order valence-corrected chi connectivity index (χ4v) is 3.23. The number of nitrogens with one attached hydrogen (secondary N) is 1. The molecule has 158 valence electrons. The quantitative estimate of drug-likeness (QED) is 0.399. The van der Waals surface area contributed by atoms with Crippen molar-refractivity contribution in [3.05, 3.63) is 54.1 Å². The fourth-order valence-electron chi connectivity index (χ4n) is 2.57. The van der Waals surface area contributed by atoms with Crippen molar-refractivity contribution in [2.24, 2.45) is 0 Å². The number of alkyl carbamates (subject to hydrolysis) is 1. The lowest BCUT2D eigenvalue weighted by Gasteiger charge is -2.19. The van der Waals surface area contributed by atoms with E-state index in [9.17, 15) is 4.79 Å². The molecule has 0 spiro atoms. The molecule has 5 nitrogen and oxygen atoms in total. The molecule has 2 rings (SSSR count). The van der Waals surface area contributed by atoms with E-state index in [0.717, 1.165) is 34.8 Å². The molecule has 0 unspecified atom stereocenters. The summed E-state index contributed by atoms with van der Waals surface area (Å²) in [6, 6.07) is 16.0. The van der Waals surface area contributed by atoms with E-state index in [0.29, 0.717) is 19.8 Å². The average molecular weight is 418 g/mol.